The maximum atomic E-state index is 12.5. The Balaban J connectivity index is 1.38. The van der Waals surface area contributed by atoms with Crippen molar-refractivity contribution in [2.45, 2.75) is 45.6 Å². The summed E-state index contributed by atoms with van der Waals surface area (Å²) in [6.45, 7) is 7.39. The van der Waals surface area contributed by atoms with Crippen molar-refractivity contribution in [1.82, 2.24) is 15.2 Å². The molecule has 0 aliphatic carbocycles. The number of benzene rings is 1. The number of fused-ring (bicyclic) bond motifs is 2. The molecule has 1 unspecified atom stereocenters. The smallest absolute Gasteiger partial charge is 0.261 e. The van der Waals surface area contributed by atoms with Crippen molar-refractivity contribution in [2.75, 3.05) is 19.6 Å². The molecule has 2 aromatic heterocycles. The zero-order chi connectivity index (χ0) is 18.8. The van der Waals surface area contributed by atoms with Crippen LogP contribution in [0.15, 0.2) is 30.3 Å². The predicted molar refractivity (Wildman–Crippen MR) is 114 cm³/mol. The number of likely N-dealkylation sites (tertiary alicyclic amines) is 1. The SMILES string of the molecule is Cc1ccc2nc3sc(C(=O)NCCCN4CCCCC4C)cc3cc2c1. The third-order valence-electron chi connectivity index (χ3n) is 5.53. The number of hydrogen-bond acceptors (Lipinski definition) is 4. The molecule has 1 atom stereocenters. The minimum absolute atomic E-state index is 0.0185. The van der Waals surface area contributed by atoms with Crippen molar-refractivity contribution in [2.24, 2.45) is 0 Å². The van der Waals surface area contributed by atoms with Gasteiger partial charge < -0.3 is 10.2 Å². The topological polar surface area (TPSA) is 45.2 Å². The number of amides is 1. The van der Waals surface area contributed by atoms with Crippen molar-refractivity contribution >= 4 is 38.4 Å². The normalized spacial score (nSPS) is 18.2. The molecular weight excluding hydrogens is 354 g/mol. The molecule has 1 aliphatic rings. The summed E-state index contributed by atoms with van der Waals surface area (Å²) in [5, 5.41) is 5.26. The van der Waals surface area contributed by atoms with E-state index in [9.17, 15) is 4.79 Å². The van der Waals surface area contributed by atoms with Crippen molar-refractivity contribution in [3.8, 4) is 0 Å². The highest BCUT2D eigenvalue weighted by atomic mass is 32.1. The van der Waals surface area contributed by atoms with Gasteiger partial charge in [0.2, 0.25) is 0 Å². The summed E-state index contributed by atoms with van der Waals surface area (Å²) >= 11 is 1.48. The molecule has 142 valence electrons. The first-order valence-corrected chi connectivity index (χ1v) is 10.7. The second kappa shape index (κ2) is 7.95. The maximum absolute atomic E-state index is 12.5. The van der Waals surface area contributed by atoms with Crippen LogP contribution in [0, 0.1) is 6.92 Å². The minimum atomic E-state index is 0.0185. The Bertz CT molecular complexity index is 965. The Morgan fingerprint density at radius 2 is 2.15 bits per heavy atom. The van der Waals surface area contributed by atoms with Gasteiger partial charge in [-0.15, -0.1) is 11.3 Å². The summed E-state index contributed by atoms with van der Waals surface area (Å²) < 4.78 is 0. The lowest BCUT2D eigenvalue weighted by Gasteiger charge is -2.33. The second-order valence-electron chi connectivity index (χ2n) is 7.68. The molecule has 27 heavy (non-hydrogen) atoms. The van der Waals surface area contributed by atoms with E-state index in [4.69, 9.17) is 4.98 Å². The number of aryl methyl sites for hydroxylation is 1. The number of rotatable bonds is 5. The molecule has 1 aliphatic heterocycles. The molecule has 0 bridgehead atoms. The van der Waals surface area contributed by atoms with Crippen LogP contribution in [0.1, 0.15) is 47.8 Å². The average Bonchev–Trinajstić information content (AvgIpc) is 3.07. The molecule has 1 fully saturated rings. The fraction of sp³-hybridized carbons (Fsp3) is 0.455. The van der Waals surface area contributed by atoms with Gasteiger partial charge in [-0.1, -0.05) is 18.1 Å². The summed E-state index contributed by atoms with van der Waals surface area (Å²) in [7, 11) is 0. The van der Waals surface area contributed by atoms with E-state index in [0.29, 0.717) is 6.04 Å². The van der Waals surface area contributed by atoms with Crippen LogP contribution in [0.25, 0.3) is 21.1 Å². The van der Waals surface area contributed by atoms with E-state index in [1.165, 1.54) is 42.7 Å². The van der Waals surface area contributed by atoms with Crippen LogP contribution >= 0.6 is 11.3 Å². The number of nitrogens with one attached hydrogen (secondary N) is 1. The first-order valence-electron chi connectivity index (χ1n) is 9.93. The molecule has 0 radical (unpaired) electrons. The molecule has 1 aromatic carbocycles. The largest absolute Gasteiger partial charge is 0.351 e. The van der Waals surface area contributed by atoms with E-state index in [0.717, 1.165) is 45.5 Å². The van der Waals surface area contributed by atoms with Crippen LogP contribution in [0.4, 0.5) is 0 Å². The van der Waals surface area contributed by atoms with Crippen molar-refractivity contribution in [3.63, 3.8) is 0 Å². The number of carbonyl (C=O) groups excluding carboxylic acids is 1. The van der Waals surface area contributed by atoms with Crippen LogP contribution in [0.2, 0.25) is 0 Å². The molecule has 1 saturated heterocycles. The highest BCUT2D eigenvalue weighted by molar-refractivity contribution is 7.20. The van der Waals surface area contributed by atoms with Gasteiger partial charge in [0.15, 0.2) is 0 Å². The van der Waals surface area contributed by atoms with Gasteiger partial charge in [0.1, 0.15) is 4.83 Å². The highest BCUT2D eigenvalue weighted by Gasteiger charge is 2.17. The lowest BCUT2D eigenvalue weighted by molar-refractivity contribution is 0.0953. The first kappa shape index (κ1) is 18.4. The Labute approximate surface area is 164 Å². The Morgan fingerprint density at radius 3 is 3.00 bits per heavy atom. The number of pyridine rings is 1. The summed E-state index contributed by atoms with van der Waals surface area (Å²) in [4.78, 5) is 21.5. The number of carbonyl (C=O) groups is 1. The van der Waals surface area contributed by atoms with E-state index < -0.39 is 0 Å². The summed E-state index contributed by atoms with van der Waals surface area (Å²) in [6.07, 6.45) is 4.96. The van der Waals surface area contributed by atoms with Crippen molar-refractivity contribution in [3.05, 3.63) is 40.8 Å². The van der Waals surface area contributed by atoms with Gasteiger partial charge in [-0.05, 0) is 63.9 Å². The molecule has 4 rings (SSSR count). The van der Waals surface area contributed by atoms with E-state index in [2.05, 4.69) is 42.3 Å². The van der Waals surface area contributed by atoms with Crippen LogP contribution in [-0.4, -0.2) is 41.5 Å². The fourth-order valence-electron chi connectivity index (χ4n) is 3.93. The van der Waals surface area contributed by atoms with Crippen LogP contribution in [0.5, 0.6) is 0 Å². The van der Waals surface area contributed by atoms with Gasteiger partial charge in [-0.25, -0.2) is 4.98 Å². The van der Waals surface area contributed by atoms with Crippen LogP contribution in [0.3, 0.4) is 0 Å². The molecular formula is C22H27N3OS. The Kier molecular flexibility index (Phi) is 5.41. The lowest BCUT2D eigenvalue weighted by Crippen LogP contribution is -2.39. The standard InChI is InChI=1S/C22H27N3OS/c1-15-7-8-19-17(12-15)13-18-14-20(27-22(18)24-19)21(26)23-9-5-11-25-10-4-3-6-16(25)2/h7-8,12-14,16H,3-6,9-11H2,1-2H3,(H,23,26). The minimum Gasteiger partial charge on any atom is -0.351 e. The third-order valence-corrected chi connectivity index (χ3v) is 6.57. The van der Waals surface area contributed by atoms with Gasteiger partial charge in [0, 0.05) is 29.9 Å². The molecule has 3 aromatic rings. The molecule has 3 heterocycles. The van der Waals surface area contributed by atoms with Gasteiger partial charge >= 0.3 is 0 Å². The molecule has 0 saturated carbocycles. The monoisotopic (exact) mass is 381 g/mol. The molecule has 0 spiro atoms. The zero-order valence-corrected chi connectivity index (χ0v) is 16.9. The third kappa shape index (κ3) is 4.14. The number of hydrogen-bond donors (Lipinski definition) is 1. The average molecular weight is 382 g/mol. The van der Waals surface area contributed by atoms with E-state index in [-0.39, 0.29) is 5.91 Å². The van der Waals surface area contributed by atoms with E-state index >= 15 is 0 Å². The summed E-state index contributed by atoms with van der Waals surface area (Å²) in [6, 6.07) is 11.0. The van der Waals surface area contributed by atoms with E-state index in [1.807, 2.05) is 12.1 Å². The van der Waals surface area contributed by atoms with Gasteiger partial charge in [0.05, 0.1) is 10.4 Å². The van der Waals surface area contributed by atoms with Gasteiger partial charge in [-0.2, -0.15) is 0 Å². The van der Waals surface area contributed by atoms with Gasteiger partial charge in [0.25, 0.3) is 5.91 Å². The second-order valence-corrected chi connectivity index (χ2v) is 8.71. The quantitative estimate of drug-likeness (QED) is 0.649. The maximum Gasteiger partial charge on any atom is 0.261 e. The molecule has 1 amide bonds. The highest BCUT2D eigenvalue weighted by Crippen LogP contribution is 2.28. The lowest BCUT2D eigenvalue weighted by atomic mass is 10.0. The Hall–Kier alpha value is -1.98. The van der Waals surface area contributed by atoms with E-state index in [1.54, 1.807) is 0 Å². The summed E-state index contributed by atoms with van der Waals surface area (Å²) in [5.74, 6) is 0.0185. The zero-order valence-electron chi connectivity index (χ0n) is 16.1. The van der Waals surface area contributed by atoms with Crippen molar-refractivity contribution in [1.29, 1.82) is 0 Å². The first-order chi connectivity index (χ1) is 13.1. The molecule has 1 N–H and O–H groups in total. The number of piperidine rings is 1. The Morgan fingerprint density at radius 1 is 1.26 bits per heavy atom. The molecule has 4 nitrogen and oxygen atoms in total. The number of nitrogens with zero attached hydrogens (tertiary/aromatic N) is 2. The van der Waals surface area contributed by atoms with Crippen LogP contribution in [-0.2, 0) is 0 Å². The van der Waals surface area contributed by atoms with Gasteiger partial charge in [-0.3, -0.25) is 4.79 Å². The predicted octanol–water partition coefficient (Wildman–Crippen LogP) is 4.75. The number of aromatic nitrogens is 1. The van der Waals surface area contributed by atoms with Crippen LogP contribution < -0.4 is 5.32 Å². The van der Waals surface area contributed by atoms with Crippen molar-refractivity contribution < 1.29 is 4.79 Å². The number of thiophene rings is 1. The molecule has 5 heteroatoms. The fourth-order valence-corrected chi connectivity index (χ4v) is 4.87. The summed E-state index contributed by atoms with van der Waals surface area (Å²) in [5.41, 5.74) is 2.21.